The molecule has 1 saturated heterocycles. The van der Waals surface area contributed by atoms with Gasteiger partial charge in [-0.25, -0.2) is 4.79 Å². The molecule has 0 unspecified atom stereocenters. The van der Waals surface area contributed by atoms with Crippen molar-refractivity contribution in [1.29, 1.82) is 0 Å². The number of amides is 1. The Bertz CT molecular complexity index is 423. The molecule has 1 aromatic rings. The second kappa shape index (κ2) is 7.26. The summed E-state index contributed by atoms with van der Waals surface area (Å²) >= 11 is 0. The maximum Gasteiger partial charge on any atom is 0.407 e. The van der Waals surface area contributed by atoms with Crippen LogP contribution in [-0.4, -0.2) is 36.1 Å². The van der Waals surface area contributed by atoms with Gasteiger partial charge in [-0.05, 0) is 12.0 Å². The molecule has 2 N–H and O–H groups in total. The van der Waals surface area contributed by atoms with E-state index in [4.69, 9.17) is 9.47 Å². The summed E-state index contributed by atoms with van der Waals surface area (Å²) in [5.41, 5.74) is 1.06. The summed E-state index contributed by atoms with van der Waals surface area (Å²) in [6.45, 7) is 2.67. The van der Waals surface area contributed by atoms with E-state index in [1.165, 1.54) is 0 Å². The topological polar surface area (TPSA) is 67.8 Å². The summed E-state index contributed by atoms with van der Waals surface area (Å²) in [4.78, 5) is 11.0. The van der Waals surface area contributed by atoms with Crippen LogP contribution in [0.2, 0.25) is 0 Å². The lowest BCUT2D eigenvalue weighted by molar-refractivity contribution is -0.0623. The molecule has 20 heavy (non-hydrogen) atoms. The number of hydrogen-bond acceptors (Lipinski definition) is 4. The van der Waals surface area contributed by atoms with Crippen molar-refractivity contribution in [2.24, 2.45) is 0 Å². The van der Waals surface area contributed by atoms with Gasteiger partial charge >= 0.3 is 6.09 Å². The number of rotatable bonds is 7. The highest BCUT2D eigenvalue weighted by Crippen LogP contribution is 2.16. The number of hydrogen-bond donors (Lipinski definition) is 2. The zero-order chi connectivity index (χ0) is 14.4. The van der Waals surface area contributed by atoms with E-state index in [1.54, 1.807) is 0 Å². The van der Waals surface area contributed by atoms with Gasteiger partial charge in [0.15, 0.2) is 0 Å². The van der Waals surface area contributed by atoms with Gasteiger partial charge in [-0.15, -0.1) is 0 Å². The fourth-order valence-corrected chi connectivity index (χ4v) is 2.26. The van der Waals surface area contributed by atoms with Crippen LogP contribution in [0.25, 0.3) is 0 Å². The van der Waals surface area contributed by atoms with Crippen molar-refractivity contribution in [3.05, 3.63) is 35.9 Å². The molecule has 0 bridgehead atoms. The zero-order valence-corrected chi connectivity index (χ0v) is 11.6. The quantitative estimate of drug-likeness (QED) is 0.799. The largest absolute Gasteiger partial charge is 0.447 e. The first-order valence-corrected chi connectivity index (χ1v) is 6.97. The number of carbonyl (C=O) groups is 1. The molecular weight excluding hydrogens is 258 g/mol. The van der Waals surface area contributed by atoms with E-state index in [-0.39, 0.29) is 12.7 Å². The molecular formula is C15H21NO4. The molecule has 0 radical (unpaired) electrons. The molecule has 0 aromatic heterocycles. The molecule has 2 rings (SSSR count). The first-order valence-electron chi connectivity index (χ1n) is 6.97. The van der Waals surface area contributed by atoms with Crippen LogP contribution in [0.3, 0.4) is 0 Å². The van der Waals surface area contributed by atoms with Crippen molar-refractivity contribution in [3.8, 4) is 0 Å². The number of ether oxygens (including phenoxy) is 2. The summed E-state index contributed by atoms with van der Waals surface area (Å²) in [7, 11) is 0. The Balaban J connectivity index is 1.90. The van der Waals surface area contributed by atoms with Gasteiger partial charge < -0.3 is 19.9 Å². The molecule has 0 aliphatic carbocycles. The molecule has 5 heteroatoms. The molecule has 1 aromatic carbocycles. The van der Waals surface area contributed by atoms with Gasteiger partial charge in [-0.1, -0.05) is 43.7 Å². The van der Waals surface area contributed by atoms with E-state index >= 15 is 0 Å². The normalized spacial score (nSPS) is 21.1. The molecule has 1 heterocycles. The van der Waals surface area contributed by atoms with Gasteiger partial charge in [-0.3, -0.25) is 0 Å². The van der Waals surface area contributed by atoms with E-state index in [0.717, 1.165) is 18.4 Å². The van der Waals surface area contributed by atoms with Gasteiger partial charge in [0.05, 0.1) is 18.8 Å². The van der Waals surface area contributed by atoms with Crippen molar-refractivity contribution < 1.29 is 19.4 Å². The van der Waals surface area contributed by atoms with Crippen LogP contribution < -0.4 is 5.32 Å². The van der Waals surface area contributed by atoms with Gasteiger partial charge in [0.1, 0.15) is 12.7 Å². The zero-order valence-electron chi connectivity index (χ0n) is 11.6. The van der Waals surface area contributed by atoms with Crippen LogP contribution in [-0.2, 0) is 16.1 Å². The minimum Gasteiger partial charge on any atom is -0.447 e. The SMILES string of the molecule is CCC[C@@H](OCc1ccccc1)[C@@H](O)[C@H]1COC(=O)N1. The minimum absolute atomic E-state index is 0.189. The first-order chi connectivity index (χ1) is 9.70. The summed E-state index contributed by atoms with van der Waals surface area (Å²) in [5, 5.41) is 12.9. The molecule has 0 saturated carbocycles. The fourth-order valence-electron chi connectivity index (χ4n) is 2.26. The van der Waals surface area contributed by atoms with E-state index < -0.39 is 18.2 Å². The highest BCUT2D eigenvalue weighted by molar-refractivity contribution is 5.69. The molecule has 0 spiro atoms. The highest BCUT2D eigenvalue weighted by atomic mass is 16.6. The lowest BCUT2D eigenvalue weighted by Gasteiger charge is -2.26. The number of aliphatic hydroxyl groups is 1. The smallest absolute Gasteiger partial charge is 0.407 e. The van der Waals surface area contributed by atoms with Crippen LogP contribution in [0.5, 0.6) is 0 Å². The first kappa shape index (κ1) is 14.8. The van der Waals surface area contributed by atoms with Crippen LogP contribution >= 0.6 is 0 Å². The third kappa shape index (κ3) is 3.95. The Labute approximate surface area is 118 Å². The molecule has 1 aliphatic rings. The molecule has 3 atom stereocenters. The third-order valence-electron chi connectivity index (χ3n) is 3.37. The second-order valence-electron chi connectivity index (χ2n) is 4.96. The van der Waals surface area contributed by atoms with Crippen molar-refractivity contribution in [3.63, 3.8) is 0 Å². The average Bonchev–Trinajstić information content (AvgIpc) is 2.90. The summed E-state index contributed by atoms with van der Waals surface area (Å²) < 4.78 is 10.6. The minimum atomic E-state index is -0.759. The summed E-state index contributed by atoms with van der Waals surface area (Å²) in [6.07, 6.45) is 0.0861. The van der Waals surface area contributed by atoms with E-state index in [1.807, 2.05) is 37.3 Å². The van der Waals surface area contributed by atoms with Gasteiger partial charge in [0, 0.05) is 0 Å². The van der Waals surface area contributed by atoms with Crippen molar-refractivity contribution in [1.82, 2.24) is 5.32 Å². The highest BCUT2D eigenvalue weighted by Gasteiger charge is 2.34. The molecule has 5 nitrogen and oxygen atoms in total. The number of nitrogens with one attached hydrogen (secondary N) is 1. The monoisotopic (exact) mass is 279 g/mol. The molecule has 1 fully saturated rings. The summed E-state index contributed by atoms with van der Waals surface area (Å²) in [5.74, 6) is 0. The molecule has 110 valence electrons. The number of benzene rings is 1. The van der Waals surface area contributed by atoms with Crippen LogP contribution in [0, 0.1) is 0 Å². The predicted octanol–water partition coefficient (Wildman–Crippen LogP) is 1.84. The Morgan fingerprint density at radius 1 is 1.45 bits per heavy atom. The molecule has 1 amide bonds. The third-order valence-corrected chi connectivity index (χ3v) is 3.37. The number of carbonyl (C=O) groups excluding carboxylic acids is 1. The fraction of sp³-hybridized carbons (Fsp3) is 0.533. The lowest BCUT2D eigenvalue weighted by Crippen LogP contribution is -2.46. The van der Waals surface area contributed by atoms with Gasteiger partial charge in [0.25, 0.3) is 0 Å². The van der Waals surface area contributed by atoms with E-state index in [9.17, 15) is 9.90 Å². The van der Waals surface area contributed by atoms with Gasteiger partial charge in [-0.2, -0.15) is 0 Å². The Kier molecular flexibility index (Phi) is 5.38. The van der Waals surface area contributed by atoms with Crippen molar-refractivity contribution in [2.75, 3.05) is 6.61 Å². The lowest BCUT2D eigenvalue weighted by atomic mass is 10.0. The Morgan fingerprint density at radius 2 is 2.20 bits per heavy atom. The van der Waals surface area contributed by atoms with Crippen molar-refractivity contribution >= 4 is 6.09 Å². The standard InChI is InChI=1S/C15H21NO4/c1-2-6-13(14(17)12-10-20-15(18)16-12)19-9-11-7-4-3-5-8-11/h3-5,7-8,12-14,17H,2,6,9-10H2,1H3,(H,16,18)/t12-,13-,14+/m1/s1. The summed E-state index contributed by atoms with van der Waals surface area (Å²) in [6, 6.07) is 9.43. The maximum atomic E-state index is 11.0. The second-order valence-corrected chi connectivity index (χ2v) is 4.96. The van der Waals surface area contributed by atoms with Crippen LogP contribution in [0.4, 0.5) is 4.79 Å². The van der Waals surface area contributed by atoms with E-state index in [0.29, 0.717) is 6.61 Å². The van der Waals surface area contributed by atoms with Gasteiger partial charge in [0.2, 0.25) is 0 Å². The average molecular weight is 279 g/mol. The Morgan fingerprint density at radius 3 is 2.80 bits per heavy atom. The predicted molar refractivity (Wildman–Crippen MR) is 74.2 cm³/mol. The number of aliphatic hydroxyl groups excluding tert-OH is 1. The van der Waals surface area contributed by atoms with Crippen LogP contribution in [0.1, 0.15) is 25.3 Å². The Hall–Kier alpha value is -1.59. The number of alkyl carbamates (subject to hydrolysis) is 1. The molecule has 1 aliphatic heterocycles. The van der Waals surface area contributed by atoms with E-state index in [2.05, 4.69) is 5.32 Å². The maximum absolute atomic E-state index is 11.0. The number of cyclic esters (lactones) is 1. The van der Waals surface area contributed by atoms with Crippen LogP contribution in [0.15, 0.2) is 30.3 Å². The van der Waals surface area contributed by atoms with Crippen molar-refractivity contribution in [2.45, 2.75) is 44.6 Å².